The number of hydrogen-bond donors (Lipinski definition) is 1. The van der Waals surface area contributed by atoms with Crippen molar-refractivity contribution in [3.8, 4) is 11.8 Å². The van der Waals surface area contributed by atoms with E-state index < -0.39 is 11.9 Å². The molecule has 14 heavy (non-hydrogen) atoms. The first-order valence-electron chi connectivity index (χ1n) is 3.99. The number of hydrogen-bond acceptors (Lipinski definition) is 2. The van der Waals surface area contributed by atoms with Crippen LogP contribution in [0.25, 0.3) is 0 Å². The molecular weight excluding hydrogens is 183 g/mol. The number of pyridine rings is 1. The van der Waals surface area contributed by atoms with E-state index in [-0.39, 0.29) is 6.42 Å². The van der Waals surface area contributed by atoms with Gasteiger partial charge in [-0.3, -0.25) is 4.79 Å². The van der Waals surface area contributed by atoms with Crippen molar-refractivity contribution in [3.63, 3.8) is 0 Å². The summed E-state index contributed by atoms with van der Waals surface area (Å²) in [5.41, 5.74) is 5.89. The lowest BCUT2D eigenvalue weighted by molar-refractivity contribution is -0.117. The minimum atomic E-state index is -0.509. The molecule has 0 bridgehead atoms. The van der Waals surface area contributed by atoms with E-state index in [1.165, 1.54) is 6.20 Å². The van der Waals surface area contributed by atoms with Crippen LogP contribution in [0.4, 0.5) is 4.39 Å². The Morgan fingerprint density at radius 3 is 3.00 bits per heavy atom. The fourth-order valence-electron chi connectivity index (χ4n) is 0.860. The highest BCUT2D eigenvalue weighted by atomic mass is 19.1. The summed E-state index contributed by atoms with van der Waals surface area (Å²) in [6.45, 7) is 1.60. The maximum atomic E-state index is 12.7. The molecule has 0 fully saturated rings. The number of carbonyl (C=O) groups is 1. The Morgan fingerprint density at radius 2 is 2.43 bits per heavy atom. The minimum Gasteiger partial charge on any atom is -0.369 e. The van der Waals surface area contributed by atoms with E-state index >= 15 is 0 Å². The highest BCUT2D eigenvalue weighted by Crippen LogP contribution is 2.04. The summed E-state index contributed by atoms with van der Waals surface area (Å²) < 4.78 is 12.7. The molecule has 0 aliphatic carbocycles. The number of nitrogens with two attached hydrogens (primary N) is 1. The molecule has 0 radical (unpaired) electrons. The number of nitrogens with zero attached hydrogens (tertiary/aromatic N) is 1. The predicted molar refractivity (Wildman–Crippen MR) is 49.6 cm³/mol. The summed E-state index contributed by atoms with van der Waals surface area (Å²) >= 11 is 0. The third-order valence-corrected chi connectivity index (χ3v) is 1.51. The zero-order valence-electron chi connectivity index (χ0n) is 7.67. The lowest BCUT2D eigenvalue weighted by Gasteiger charge is -1.94. The van der Waals surface area contributed by atoms with Gasteiger partial charge in [-0.05, 0) is 13.0 Å². The van der Waals surface area contributed by atoms with Gasteiger partial charge in [0.25, 0.3) is 0 Å². The van der Waals surface area contributed by atoms with Gasteiger partial charge in [-0.15, -0.1) is 0 Å². The molecule has 4 heteroatoms. The van der Waals surface area contributed by atoms with Crippen LogP contribution in [0.1, 0.15) is 17.5 Å². The van der Waals surface area contributed by atoms with Crippen molar-refractivity contribution in [2.75, 3.05) is 0 Å². The summed E-state index contributed by atoms with van der Waals surface area (Å²) in [7, 11) is 0. The van der Waals surface area contributed by atoms with Gasteiger partial charge in [0.1, 0.15) is 0 Å². The van der Waals surface area contributed by atoms with Crippen LogP contribution in [-0.2, 0) is 4.79 Å². The largest absolute Gasteiger partial charge is 0.369 e. The number of primary amides is 1. The molecule has 0 aromatic carbocycles. The summed E-state index contributed by atoms with van der Waals surface area (Å²) in [5, 5.41) is 0. The molecule has 0 aliphatic rings. The van der Waals surface area contributed by atoms with Crippen LogP contribution in [0.3, 0.4) is 0 Å². The number of rotatable bonds is 1. The van der Waals surface area contributed by atoms with Gasteiger partial charge in [-0.1, -0.05) is 11.8 Å². The molecule has 0 saturated carbocycles. The maximum absolute atomic E-state index is 12.7. The fourth-order valence-corrected chi connectivity index (χ4v) is 0.860. The molecule has 72 valence electrons. The molecule has 1 aromatic rings. The quantitative estimate of drug-likeness (QED) is 0.527. The fraction of sp³-hybridized carbons (Fsp3) is 0.200. The molecule has 0 unspecified atom stereocenters. The second-order valence-corrected chi connectivity index (χ2v) is 2.78. The van der Waals surface area contributed by atoms with Crippen molar-refractivity contribution in [1.29, 1.82) is 0 Å². The van der Waals surface area contributed by atoms with E-state index in [2.05, 4.69) is 16.8 Å². The van der Waals surface area contributed by atoms with Crippen LogP contribution in [-0.4, -0.2) is 10.9 Å². The highest BCUT2D eigenvalue weighted by Gasteiger charge is 1.97. The first kappa shape index (κ1) is 10.2. The number of halogens is 1. The minimum absolute atomic E-state index is 0.00355. The van der Waals surface area contributed by atoms with Crippen molar-refractivity contribution in [2.24, 2.45) is 5.73 Å². The summed E-state index contributed by atoms with van der Waals surface area (Å²) in [5.74, 6) is 4.23. The Bertz CT molecular complexity index is 418. The van der Waals surface area contributed by atoms with Crippen molar-refractivity contribution in [1.82, 2.24) is 4.98 Å². The van der Waals surface area contributed by atoms with E-state index in [4.69, 9.17) is 5.73 Å². The van der Waals surface area contributed by atoms with Gasteiger partial charge in [0, 0.05) is 17.3 Å². The second kappa shape index (κ2) is 4.38. The molecule has 1 rings (SSSR count). The van der Waals surface area contributed by atoms with Gasteiger partial charge in [-0.25, -0.2) is 4.98 Å². The van der Waals surface area contributed by atoms with Crippen LogP contribution >= 0.6 is 0 Å². The normalized spacial score (nSPS) is 9.00. The van der Waals surface area contributed by atoms with Crippen molar-refractivity contribution < 1.29 is 9.18 Å². The molecule has 0 saturated heterocycles. The summed E-state index contributed by atoms with van der Waals surface area (Å²) in [6, 6.07) is 1.57. The molecule has 0 spiro atoms. The zero-order valence-corrected chi connectivity index (χ0v) is 7.67. The van der Waals surface area contributed by atoms with Crippen molar-refractivity contribution >= 4 is 5.91 Å². The number of carbonyl (C=O) groups excluding carboxylic acids is 1. The standard InChI is InChI=1S/C10H9FN2O/c1-7-5-8(6-13-10(7)11)3-2-4-9(12)14/h5-6H,4H2,1H3,(H2,12,14). The number of amides is 1. The molecule has 1 amide bonds. The Labute approximate surface area is 81.1 Å². The SMILES string of the molecule is Cc1cc(C#CCC(N)=O)cnc1F. The van der Waals surface area contributed by atoms with Crippen LogP contribution < -0.4 is 5.73 Å². The van der Waals surface area contributed by atoms with E-state index in [1.54, 1.807) is 13.0 Å². The first-order chi connectivity index (χ1) is 6.59. The Morgan fingerprint density at radius 1 is 1.71 bits per heavy atom. The summed E-state index contributed by atoms with van der Waals surface area (Å²) in [4.78, 5) is 13.8. The second-order valence-electron chi connectivity index (χ2n) is 2.78. The lowest BCUT2D eigenvalue weighted by Crippen LogP contribution is -2.08. The van der Waals surface area contributed by atoms with Gasteiger partial charge < -0.3 is 5.73 Å². The molecular formula is C10H9FN2O. The van der Waals surface area contributed by atoms with Crippen molar-refractivity contribution in [2.45, 2.75) is 13.3 Å². The molecule has 1 heterocycles. The highest BCUT2D eigenvalue weighted by molar-refractivity contribution is 5.76. The van der Waals surface area contributed by atoms with Gasteiger partial charge in [0.15, 0.2) is 0 Å². The monoisotopic (exact) mass is 192 g/mol. The van der Waals surface area contributed by atoms with E-state index in [9.17, 15) is 9.18 Å². The molecule has 1 aromatic heterocycles. The van der Waals surface area contributed by atoms with E-state index in [0.29, 0.717) is 11.1 Å². The van der Waals surface area contributed by atoms with E-state index in [1.807, 2.05) is 0 Å². The maximum Gasteiger partial charge on any atom is 0.229 e. The third kappa shape index (κ3) is 2.87. The van der Waals surface area contributed by atoms with E-state index in [0.717, 1.165) is 0 Å². The Balaban J connectivity index is 2.81. The zero-order chi connectivity index (χ0) is 10.6. The van der Waals surface area contributed by atoms with Crippen LogP contribution in [0.2, 0.25) is 0 Å². The van der Waals surface area contributed by atoms with Crippen LogP contribution in [0.5, 0.6) is 0 Å². The van der Waals surface area contributed by atoms with Gasteiger partial charge >= 0.3 is 0 Å². The van der Waals surface area contributed by atoms with Crippen molar-refractivity contribution in [3.05, 3.63) is 29.3 Å². The first-order valence-corrected chi connectivity index (χ1v) is 3.99. The van der Waals surface area contributed by atoms with Gasteiger partial charge in [0.2, 0.25) is 11.9 Å². The van der Waals surface area contributed by atoms with Crippen LogP contribution in [0, 0.1) is 24.7 Å². The topological polar surface area (TPSA) is 56.0 Å². The van der Waals surface area contributed by atoms with Gasteiger partial charge in [-0.2, -0.15) is 4.39 Å². The third-order valence-electron chi connectivity index (χ3n) is 1.51. The smallest absolute Gasteiger partial charge is 0.229 e. The average Bonchev–Trinajstić information content (AvgIpc) is 2.10. The molecule has 0 aliphatic heterocycles. The number of aromatic nitrogens is 1. The Hall–Kier alpha value is -1.89. The average molecular weight is 192 g/mol. The molecule has 0 atom stereocenters. The van der Waals surface area contributed by atoms with Crippen LogP contribution in [0.15, 0.2) is 12.3 Å². The van der Waals surface area contributed by atoms with Gasteiger partial charge in [0.05, 0.1) is 6.42 Å². The Kier molecular flexibility index (Phi) is 3.19. The molecule has 2 N–H and O–H groups in total. The lowest BCUT2D eigenvalue weighted by atomic mass is 10.2. The summed E-state index contributed by atoms with van der Waals surface area (Å²) in [6.07, 6.45) is 1.31. The predicted octanol–water partition coefficient (Wildman–Crippen LogP) is 0.756. The molecule has 3 nitrogen and oxygen atoms in total. The number of aryl methyl sites for hydroxylation is 1.